The Morgan fingerprint density at radius 1 is 1.38 bits per heavy atom. The minimum atomic E-state index is -0.804. The summed E-state index contributed by atoms with van der Waals surface area (Å²) in [5.41, 5.74) is 0.133. The second-order valence-electron chi connectivity index (χ2n) is 6.31. The Bertz CT molecular complexity index is 521. The number of likely N-dealkylation sites (tertiary alicyclic amines) is 1. The SMILES string of the molecule is COc1ccc(CC(C)(C)C(=O)O)cc1OC1CN(C)C1. The monoisotopic (exact) mass is 293 g/mol. The van der Waals surface area contributed by atoms with Crippen LogP contribution in [0.25, 0.3) is 0 Å². The minimum Gasteiger partial charge on any atom is -0.493 e. The summed E-state index contributed by atoms with van der Waals surface area (Å²) in [7, 11) is 3.65. The number of ether oxygens (including phenoxy) is 2. The van der Waals surface area contributed by atoms with Crippen molar-refractivity contribution in [1.29, 1.82) is 0 Å². The summed E-state index contributed by atoms with van der Waals surface area (Å²) in [5.74, 6) is 0.567. The van der Waals surface area contributed by atoms with Gasteiger partial charge in [-0.05, 0) is 45.0 Å². The molecule has 0 amide bonds. The Hall–Kier alpha value is -1.75. The van der Waals surface area contributed by atoms with E-state index in [9.17, 15) is 9.90 Å². The maximum atomic E-state index is 11.2. The first kappa shape index (κ1) is 15.6. The Labute approximate surface area is 125 Å². The predicted molar refractivity (Wildman–Crippen MR) is 80.0 cm³/mol. The Kier molecular flexibility index (Phi) is 4.42. The van der Waals surface area contributed by atoms with Gasteiger partial charge in [-0.3, -0.25) is 9.69 Å². The molecule has 2 rings (SSSR count). The van der Waals surface area contributed by atoms with Crippen LogP contribution in [0.1, 0.15) is 19.4 Å². The van der Waals surface area contributed by atoms with Gasteiger partial charge in [-0.1, -0.05) is 6.07 Å². The molecule has 1 fully saturated rings. The van der Waals surface area contributed by atoms with Crippen molar-refractivity contribution in [3.8, 4) is 11.5 Å². The maximum absolute atomic E-state index is 11.2. The highest BCUT2D eigenvalue weighted by atomic mass is 16.5. The number of rotatable bonds is 6. The van der Waals surface area contributed by atoms with Gasteiger partial charge in [-0.15, -0.1) is 0 Å². The van der Waals surface area contributed by atoms with E-state index in [2.05, 4.69) is 4.90 Å². The molecule has 0 unspecified atom stereocenters. The van der Waals surface area contributed by atoms with E-state index in [1.54, 1.807) is 21.0 Å². The topological polar surface area (TPSA) is 59.0 Å². The van der Waals surface area contributed by atoms with Crippen molar-refractivity contribution in [2.24, 2.45) is 5.41 Å². The molecule has 1 heterocycles. The fourth-order valence-electron chi connectivity index (χ4n) is 2.40. The molecule has 0 aromatic heterocycles. The molecule has 0 spiro atoms. The number of carbonyl (C=O) groups is 1. The molecule has 1 aliphatic rings. The first-order valence-electron chi connectivity index (χ1n) is 7.07. The maximum Gasteiger partial charge on any atom is 0.309 e. The first-order valence-corrected chi connectivity index (χ1v) is 7.07. The molecule has 0 aliphatic carbocycles. The molecule has 1 aromatic rings. The molecule has 1 N–H and O–H groups in total. The van der Waals surface area contributed by atoms with Gasteiger partial charge < -0.3 is 14.6 Å². The van der Waals surface area contributed by atoms with Crippen molar-refractivity contribution in [1.82, 2.24) is 4.90 Å². The van der Waals surface area contributed by atoms with Crippen LogP contribution in [0.2, 0.25) is 0 Å². The molecular weight excluding hydrogens is 270 g/mol. The summed E-state index contributed by atoms with van der Waals surface area (Å²) in [6.45, 7) is 5.24. The fraction of sp³-hybridized carbons (Fsp3) is 0.562. The molecule has 21 heavy (non-hydrogen) atoms. The van der Waals surface area contributed by atoms with Gasteiger partial charge in [-0.25, -0.2) is 0 Å². The first-order chi connectivity index (χ1) is 9.81. The molecule has 1 saturated heterocycles. The summed E-state index contributed by atoms with van der Waals surface area (Å²) in [5, 5.41) is 9.23. The number of benzene rings is 1. The molecule has 0 saturated carbocycles. The third-order valence-electron chi connectivity index (χ3n) is 3.78. The number of hydrogen-bond acceptors (Lipinski definition) is 4. The van der Waals surface area contributed by atoms with Crippen LogP contribution in [-0.4, -0.2) is 49.3 Å². The van der Waals surface area contributed by atoms with Crippen LogP contribution in [0, 0.1) is 5.41 Å². The van der Waals surface area contributed by atoms with Crippen LogP contribution in [0.4, 0.5) is 0 Å². The average molecular weight is 293 g/mol. The van der Waals surface area contributed by atoms with Gasteiger partial charge >= 0.3 is 5.97 Å². The normalized spacial score (nSPS) is 16.4. The van der Waals surface area contributed by atoms with E-state index in [-0.39, 0.29) is 6.10 Å². The number of carboxylic acids is 1. The molecule has 0 radical (unpaired) electrons. The number of hydrogen-bond donors (Lipinski definition) is 1. The highest BCUT2D eigenvalue weighted by molar-refractivity contribution is 5.74. The molecule has 5 heteroatoms. The van der Waals surface area contributed by atoms with Crippen LogP contribution in [0.15, 0.2) is 18.2 Å². The lowest BCUT2D eigenvalue weighted by Gasteiger charge is -2.36. The molecule has 0 bridgehead atoms. The lowest BCUT2D eigenvalue weighted by atomic mass is 9.86. The molecule has 5 nitrogen and oxygen atoms in total. The van der Waals surface area contributed by atoms with Gasteiger partial charge in [0.25, 0.3) is 0 Å². The number of carboxylic acid groups (broad SMARTS) is 1. The molecule has 1 aliphatic heterocycles. The molecule has 1 aromatic carbocycles. The quantitative estimate of drug-likeness (QED) is 0.870. The van der Waals surface area contributed by atoms with E-state index in [0.29, 0.717) is 17.9 Å². The molecule has 116 valence electrons. The number of likely N-dealkylation sites (N-methyl/N-ethyl adjacent to an activating group) is 1. The second kappa shape index (κ2) is 5.93. The number of aliphatic carboxylic acids is 1. The average Bonchev–Trinajstić information content (AvgIpc) is 2.36. The van der Waals surface area contributed by atoms with E-state index in [1.165, 1.54) is 0 Å². The van der Waals surface area contributed by atoms with E-state index < -0.39 is 11.4 Å². The third-order valence-corrected chi connectivity index (χ3v) is 3.78. The molecular formula is C16H23NO4. The Balaban J connectivity index is 2.15. The van der Waals surface area contributed by atoms with Crippen LogP contribution < -0.4 is 9.47 Å². The third kappa shape index (κ3) is 3.67. The Morgan fingerprint density at radius 3 is 2.57 bits per heavy atom. The van der Waals surface area contributed by atoms with Crippen molar-refractivity contribution >= 4 is 5.97 Å². The van der Waals surface area contributed by atoms with E-state index >= 15 is 0 Å². The fourth-order valence-corrected chi connectivity index (χ4v) is 2.40. The van der Waals surface area contributed by atoms with Crippen LogP contribution in [-0.2, 0) is 11.2 Å². The summed E-state index contributed by atoms with van der Waals surface area (Å²) >= 11 is 0. The zero-order valence-corrected chi connectivity index (χ0v) is 13.0. The highest BCUT2D eigenvalue weighted by Crippen LogP contribution is 2.32. The lowest BCUT2D eigenvalue weighted by Crippen LogP contribution is -2.51. The van der Waals surface area contributed by atoms with Crippen LogP contribution in [0.5, 0.6) is 11.5 Å². The summed E-state index contributed by atoms with van der Waals surface area (Å²) in [6.07, 6.45) is 0.624. The van der Waals surface area contributed by atoms with Crippen LogP contribution >= 0.6 is 0 Å². The van der Waals surface area contributed by atoms with Crippen molar-refractivity contribution in [2.45, 2.75) is 26.4 Å². The summed E-state index contributed by atoms with van der Waals surface area (Å²) in [6, 6.07) is 5.62. The lowest BCUT2D eigenvalue weighted by molar-refractivity contribution is -0.146. The van der Waals surface area contributed by atoms with E-state index in [1.807, 2.05) is 25.2 Å². The second-order valence-corrected chi connectivity index (χ2v) is 6.31. The molecule has 0 atom stereocenters. The zero-order valence-electron chi connectivity index (χ0n) is 13.0. The minimum absolute atomic E-state index is 0.173. The van der Waals surface area contributed by atoms with E-state index in [4.69, 9.17) is 9.47 Å². The number of nitrogens with zero attached hydrogens (tertiary/aromatic N) is 1. The standard InChI is InChI=1S/C16H23NO4/c1-16(2,15(18)19)8-11-5-6-13(20-4)14(7-11)21-12-9-17(3)10-12/h5-7,12H,8-10H2,1-4H3,(H,18,19). The van der Waals surface area contributed by atoms with Crippen molar-refractivity contribution in [3.05, 3.63) is 23.8 Å². The largest absolute Gasteiger partial charge is 0.493 e. The van der Waals surface area contributed by atoms with Crippen LogP contribution in [0.3, 0.4) is 0 Å². The summed E-state index contributed by atoms with van der Waals surface area (Å²) in [4.78, 5) is 13.4. The van der Waals surface area contributed by atoms with Gasteiger partial charge in [0.1, 0.15) is 6.10 Å². The van der Waals surface area contributed by atoms with Gasteiger partial charge in [0.2, 0.25) is 0 Å². The Morgan fingerprint density at radius 2 is 2.05 bits per heavy atom. The smallest absolute Gasteiger partial charge is 0.309 e. The van der Waals surface area contributed by atoms with Crippen molar-refractivity contribution < 1.29 is 19.4 Å². The van der Waals surface area contributed by atoms with Gasteiger partial charge in [0, 0.05) is 13.1 Å². The van der Waals surface area contributed by atoms with Gasteiger partial charge in [0.05, 0.1) is 12.5 Å². The van der Waals surface area contributed by atoms with Gasteiger partial charge in [-0.2, -0.15) is 0 Å². The zero-order chi connectivity index (χ0) is 15.6. The van der Waals surface area contributed by atoms with Gasteiger partial charge in [0.15, 0.2) is 11.5 Å². The van der Waals surface area contributed by atoms with E-state index in [0.717, 1.165) is 18.7 Å². The number of methoxy groups -OCH3 is 1. The highest BCUT2D eigenvalue weighted by Gasteiger charge is 2.29. The van der Waals surface area contributed by atoms with Crippen molar-refractivity contribution in [3.63, 3.8) is 0 Å². The van der Waals surface area contributed by atoms with Crippen molar-refractivity contribution in [2.75, 3.05) is 27.2 Å². The predicted octanol–water partition coefficient (Wildman–Crippen LogP) is 2.04. The summed E-state index contributed by atoms with van der Waals surface area (Å²) < 4.78 is 11.3.